The van der Waals surface area contributed by atoms with Gasteiger partial charge in [0.25, 0.3) is 5.56 Å². The van der Waals surface area contributed by atoms with E-state index in [0.29, 0.717) is 18.0 Å². The molecule has 0 aromatic carbocycles. The van der Waals surface area contributed by atoms with E-state index in [1.165, 1.54) is 10.7 Å². The molecule has 24 heavy (non-hydrogen) atoms. The van der Waals surface area contributed by atoms with Crippen molar-refractivity contribution >= 4 is 5.52 Å². The zero-order chi connectivity index (χ0) is 17.1. The van der Waals surface area contributed by atoms with Crippen LogP contribution in [-0.4, -0.2) is 33.3 Å². The van der Waals surface area contributed by atoms with E-state index in [9.17, 15) is 4.79 Å². The molecular weight excluding hydrogens is 308 g/mol. The van der Waals surface area contributed by atoms with Gasteiger partial charge in [0.05, 0.1) is 18.2 Å². The summed E-state index contributed by atoms with van der Waals surface area (Å²) in [5.74, 6) is 0. The summed E-state index contributed by atoms with van der Waals surface area (Å²) in [4.78, 5) is 11.9. The van der Waals surface area contributed by atoms with Crippen molar-refractivity contribution < 1.29 is 9.47 Å². The quantitative estimate of drug-likeness (QED) is 0.513. The fourth-order valence-electron chi connectivity index (χ4n) is 2.55. The first-order chi connectivity index (χ1) is 11.6. The molecule has 0 bridgehead atoms. The van der Waals surface area contributed by atoms with Gasteiger partial charge in [-0.25, -0.2) is 9.20 Å². The first-order valence-corrected chi connectivity index (χ1v) is 7.75. The number of hydrogen-bond acceptors (Lipinski definition) is 5. The molecule has 3 aromatic rings. The van der Waals surface area contributed by atoms with E-state index in [4.69, 9.17) is 9.47 Å². The normalized spacial score (nSPS) is 11.5. The van der Waals surface area contributed by atoms with Crippen LogP contribution in [0.2, 0.25) is 0 Å². The van der Waals surface area contributed by atoms with Gasteiger partial charge < -0.3 is 9.47 Å². The second-order valence-corrected chi connectivity index (χ2v) is 5.71. The van der Waals surface area contributed by atoms with Crippen molar-refractivity contribution in [3.63, 3.8) is 0 Å². The van der Waals surface area contributed by atoms with Crippen molar-refractivity contribution in [3.05, 3.63) is 52.4 Å². The van der Waals surface area contributed by atoms with E-state index in [-0.39, 0.29) is 18.4 Å². The van der Waals surface area contributed by atoms with Crippen molar-refractivity contribution in [2.45, 2.75) is 26.5 Å². The van der Waals surface area contributed by atoms with E-state index in [1.54, 1.807) is 17.7 Å². The highest BCUT2D eigenvalue weighted by molar-refractivity contribution is 5.70. The SMILES string of the molecule is COCOCc1c(-c2ccc(=O)n(C(C)C)n2)nn2ccccc12. The van der Waals surface area contributed by atoms with E-state index >= 15 is 0 Å². The number of pyridine rings is 1. The van der Waals surface area contributed by atoms with Gasteiger partial charge in [0.15, 0.2) is 0 Å². The zero-order valence-electron chi connectivity index (χ0n) is 14.0. The molecule has 0 N–H and O–H groups in total. The lowest BCUT2D eigenvalue weighted by Gasteiger charge is -2.10. The Hall–Kier alpha value is -2.51. The lowest BCUT2D eigenvalue weighted by molar-refractivity contribution is -0.0385. The molecule has 7 nitrogen and oxygen atoms in total. The highest BCUT2D eigenvalue weighted by Crippen LogP contribution is 2.25. The minimum atomic E-state index is -0.130. The van der Waals surface area contributed by atoms with Crippen molar-refractivity contribution in [3.8, 4) is 11.4 Å². The van der Waals surface area contributed by atoms with Gasteiger partial charge in [-0.3, -0.25) is 4.79 Å². The summed E-state index contributed by atoms with van der Waals surface area (Å²) in [7, 11) is 1.58. The number of nitrogens with zero attached hydrogens (tertiary/aromatic N) is 4. The number of hydrogen-bond donors (Lipinski definition) is 0. The highest BCUT2D eigenvalue weighted by atomic mass is 16.7. The van der Waals surface area contributed by atoms with Crippen LogP contribution in [0.25, 0.3) is 16.9 Å². The monoisotopic (exact) mass is 328 g/mol. The lowest BCUT2D eigenvalue weighted by atomic mass is 10.1. The summed E-state index contributed by atoms with van der Waals surface area (Å²) in [5, 5.41) is 9.08. The Morgan fingerprint density at radius 1 is 1.17 bits per heavy atom. The van der Waals surface area contributed by atoms with Gasteiger partial charge in [-0.05, 0) is 32.0 Å². The van der Waals surface area contributed by atoms with Gasteiger partial charge in [0, 0.05) is 24.9 Å². The van der Waals surface area contributed by atoms with Gasteiger partial charge in [-0.15, -0.1) is 0 Å². The van der Waals surface area contributed by atoms with Crippen LogP contribution in [-0.2, 0) is 16.1 Å². The van der Waals surface area contributed by atoms with E-state index in [1.807, 2.05) is 38.2 Å². The third kappa shape index (κ3) is 3.08. The molecule has 3 aromatic heterocycles. The van der Waals surface area contributed by atoms with Crippen LogP contribution in [0.5, 0.6) is 0 Å². The molecular formula is C17H20N4O3. The molecule has 0 saturated carbocycles. The molecule has 0 spiro atoms. The number of ether oxygens (including phenoxy) is 2. The third-order valence-electron chi connectivity index (χ3n) is 3.65. The molecule has 0 atom stereocenters. The van der Waals surface area contributed by atoms with Crippen LogP contribution in [0.15, 0.2) is 41.3 Å². The van der Waals surface area contributed by atoms with Crippen molar-refractivity contribution in [1.82, 2.24) is 19.4 Å². The van der Waals surface area contributed by atoms with Gasteiger partial charge >= 0.3 is 0 Å². The summed E-state index contributed by atoms with van der Waals surface area (Å²) in [6.45, 7) is 4.39. The summed E-state index contributed by atoms with van der Waals surface area (Å²) >= 11 is 0. The summed E-state index contributed by atoms with van der Waals surface area (Å²) in [5.41, 5.74) is 3.06. The topological polar surface area (TPSA) is 70.7 Å². The van der Waals surface area contributed by atoms with Crippen molar-refractivity contribution in [2.75, 3.05) is 13.9 Å². The average molecular weight is 328 g/mol. The smallest absolute Gasteiger partial charge is 0.267 e. The minimum absolute atomic E-state index is 0.0253. The highest BCUT2D eigenvalue weighted by Gasteiger charge is 2.17. The summed E-state index contributed by atoms with van der Waals surface area (Å²) in [6, 6.07) is 9.02. The van der Waals surface area contributed by atoms with Gasteiger partial charge in [-0.2, -0.15) is 10.2 Å². The number of aromatic nitrogens is 4. The molecule has 0 unspecified atom stereocenters. The lowest BCUT2D eigenvalue weighted by Crippen LogP contribution is -2.24. The van der Waals surface area contributed by atoms with Crippen LogP contribution in [0.3, 0.4) is 0 Å². The second kappa shape index (κ2) is 6.94. The predicted octanol–water partition coefficient (Wildman–Crippen LogP) is 2.26. The Morgan fingerprint density at radius 3 is 2.75 bits per heavy atom. The molecule has 0 aliphatic rings. The first-order valence-electron chi connectivity index (χ1n) is 7.75. The third-order valence-corrected chi connectivity index (χ3v) is 3.65. The number of rotatable bonds is 6. The van der Waals surface area contributed by atoms with Gasteiger partial charge in [0.2, 0.25) is 0 Å². The first kappa shape index (κ1) is 16.4. The van der Waals surface area contributed by atoms with Crippen molar-refractivity contribution in [1.29, 1.82) is 0 Å². The largest absolute Gasteiger partial charge is 0.359 e. The molecule has 3 rings (SSSR count). The van der Waals surface area contributed by atoms with Crippen LogP contribution < -0.4 is 5.56 Å². The Bertz CT molecular complexity index is 898. The average Bonchev–Trinajstić information content (AvgIpc) is 2.94. The molecule has 0 aliphatic heterocycles. The standard InChI is InChI=1S/C17H20N4O3/c1-12(2)21-16(22)8-7-14(18-21)17-13(10-24-11-23-3)15-6-4-5-9-20(15)19-17/h4-9,12H,10-11H2,1-3H3. The molecule has 0 saturated heterocycles. The number of fused-ring (bicyclic) bond motifs is 1. The Balaban J connectivity index is 2.13. The fourth-order valence-corrected chi connectivity index (χ4v) is 2.55. The molecule has 0 aliphatic carbocycles. The van der Waals surface area contributed by atoms with E-state index in [2.05, 4.69) is 10.2 Å². The Morgan fingerprint density at radius 2 is 2.00 bits per heavy atom. The molecule has 0 fully saturated rings. The van der Waals surface area contributed by atoms with Crippen molar-refractivity contribution in [2.24, 2.45) is 0 Å². The molecule has 0 radical (unpaired) electrons. The number of methoxy groups -OCH3 is 1. The van der Waals surface area contributed by atoms with Crippen LogP contribution in [0.1, 0.15) is 25.5 Å². The molecule has 0 amide bonds. The fraction of sp³-hybridized carbons (Fsp3) is 0.353. The maximum Gasteiger partial charge on any atom is 0.267 e. The summed E-state index contributed by atoms with van der Waals surface area (Å²) in [6.07, 6.45) is 1.87. The molecule has 3 heterocycles. The summed E-state index contributed by atoms with van der Waals surface area (Å²) < 4.78 is 13.7. The van der Waals surface area contributed by atoms with E-state index < -0.39 is 0 Å². The van der Waals surface area contributed by atoms with Crippen LogP contribution in [0.4, 0.5) is 0 Å². The molecule has 7 heteroatoms. The van der Waals surface area contributed by atoms with E-state index in [0.717, 1.165) is 11.1 Å². The van der Waals surface area contributed by atoms with Crippen LogP contribution >= 0.6 is 0 Å². The Labute approximate surface area is 139 Å². The van der Waals surface area contributed by atoms with Gasteiger partial charge in [0.1, 0.15) is 18.2 Å². The minimum Gasteiger partial charge on any atom is -0.359 e. The zero-order valence-corrected chi connectivity index (χ0v) is 14.0. The maximum absolute atomic E-state index is 11.9. The van der Waals surface area contributed by atoms with Crippen LogP contribution in [0, 0.1) is 0 Å². The molecule has 126 valence electrons. The second-order valence-electron chi connectivity index (χ2n) is 5.71. The predicted molar refractivity (Wildman–Crippen MR) is 89.7 cm³/mol. The maximum atomic E-state index is 11.9. The Kier molecular flexibility index (Phi) is 4.73. The van der Waals surface area contributed by atoms with Gasteiger partial charge in [-0.1, -0.05) is 6.07 Å².